The number of aromatic nitrogens is 1. The molecule has 0 saturated carbocycles. The van der Waals surface area contributed by atoms with Crippen LogP contribution in [-0.2, 0) is 16.9 Å². The number of nitrogens with one attached hydrogen (secondary N) is 1. The van der Waals surface area contributed by atoms with Crippen molar-refractivity contribution in [3.05, 3.63) is 77.7 Å². The van der Waals surface area contributed by atoms with Crippen LogP contribution in [0.1, 0.15) is 24.5 Å². The number of para-hydroxylation sites is 1. The molecule has 6 heteroatoms. The second kappa shape index (κ2) is 6.46. The molecule has 0 unspecified atom stereocenters. The van der Waals surface area contributed by atoms with Gasteiger partial charge in [-0.3, -0.25) is 14.7 Å². The second-order valence-electron chi connectivity index (χ2n) is 6.58. The molecule has 3 amide bonds. The Hall–Kier alpha value is -3.28. The molecule has 0 bridgehead atoms. The second-order valence-corrected chi connectivity index (χ2v) is 6.58. The molecule has 5 nitrogen and oxygen atoms in total. The number of carbonyl (C=O) groups excluding carboxylic acids is 2. The largest absolute Gasteiger partial charge is 0.325 e. The molecule has 0 spiro atoms. The van der Waals surface area contributed by atoms with Crippen molar-refractivity contribution in [2.45, 2.75) is 25.4 Å². The Bertz CT molecular complexity index is 1030. The van der Waals surface area contributed by atoms with Crippen LogP contribution < -0.4 is 5.32 Å². The van der Waals surface area contributed by atoms with E-state index in [-0.39, 0.29) is 18.3 Å². The van der Waals surface area contributed by atoms with E-state index in [0.717, 1.165) is 16.5 Å². The molecule has 2 aromatic carbocycles. The average molecular weight is 363 g/mol. The Balaban J connectivity index is 1.71. The maximum atomic E-state index is 13.3. The van der Waals surface area contributed by atoms with Crippen LogP contribution in [0.3, 0.4) is 0 Å². The molecule has 0 aliphatic carbocycles. The summed E-state index contributed by atoms with van der Waals surface area (Å²) in [6.07, 6.45) is 2.06. The summed E-state index contributed by atoms with van der Waals surface area (Å²) in [5, 5.41) is 3.76. The van der Waals surface area contributed by atoms with Crippen molar-refractivity contribution in [1.82, 2.24) is 15.2 Å². The van der Waals surface area contributed by atoms with E-state index in [0.29, 0.717) is 12.0 Å². The number of hydrogen-bond donors (Lipinski definition) is 1. The summed E-state index contributed by atoms with van der Waals surface area (Å²) in [6, 6.07) is 14.7. The van der Waals surface area contributed by atoms with Gasteiger partial charge in [-0.25, -0.2) is 9.18 Å². The Morgan fingerprint density at radius 2 is 1.81 bits per heavy atom. The van der Waals surface area contributed by atoms with E-state index in [1.807, 2.05) is 37.3 Å². The monoisotopic (exact) mass is 363 g/mol. The van der Waals surface area contributed by atoms with E-state index >= 15 is 0 Å². The summed E-state index contributed by atoms with van der Waals surface area (Å²) < 4.78 is 13.3. The van der Waals surface area contributed by atoms with Crippen molar-refractivity contribution in [3.63, 3.8) is 0 Å². The Morgan fingerprint density at radius 1 is 1.07 bits per heavy atom. The highest BCUT2D eigenvalue weighted by atomic mass is 19.1. The Labute approximate surface area is 155 Å². The minimum Gasteiger partial charge on any atom is -0.319 e. The minimum absolute atomic E-state index is 0.127. The van der Waals surface area contributed by atoms with Crippen LogP contribution in [0.15, 0.2) is 60.8 Å². The van der Waals surface area contributed by atoms with Gasteiger partial charge in [-0.2, -0.15) is 0 Å². The number of pyridine rings is 1. The summed E-state index contributed by atoms with van der Waals surface area (Å²) in [5.74, 6) is -0.727. The third kappa shape index (κ3) is 2.73. The molecule has 4 rings (SSSR count). The third-order valence-electron chi connectivity index (χ3n) is 5.09. The van der Waals surface area contributed by atoms with Crippen molar-refractivity contribution in [2.75, 3.05) is 0 Å². The summed E-state index contributed by atoms with van der Waals surface area (Å²) in [6.45, 7) is 1.95. The quantitative estimate of drug-likeness (QED) is 0.719. The lowest BCUT2D eigenvalue weighted by atomic mass is 9.87. The number of hydrogen-bond acceptors (Lipinski definition) is 3. The van der Waals surface area contributed by atoms with Crippen molar-refractivity contribution in [1.29, 1.82) is 0 Å². The van der Waals surface area contributed by atoms with Crippen molar-refractivity contribution < 1.29 is 14.0 Å². The maximum Gasteiger partial charge on any atom is 0.325 e. The van der Waals surface area contributed by atoms with Crippen molar-refractivity contribution in [3.8, 4) is 0 Å². The minimum atomic E-state index is -1.18. The first-order valence-corrected chi connectivity index (χ1v) is 8.78. The van der Waals surface area contributed by atoms with Crippen LogP contribution in [0, 0.1) is 5.82 Å². The molecule has 3 aromatic rings. The number of halogens is 1. The molecule has 0 radical (unpaired) electrons. The van der Waals surface area contributed by atoms with Gasteiger partial charge < -0.3 is 5.32 Å². The molecule has 1 aromatic heterocycles. The number of rotatable bonds is 4. The molecular formula is C21H18FN3O2. The molecule has 136 valence electrons. The molecular weight excluding hydrogens is 345 g/mol. The third-order valence-corrected chi connectivity index (χ3v) is 5.09. The van der Waals surface area contributed by atoms with Crippen LogP contribution in [-0.4, -0.2) is 21.8 Å². The fourth-order valence-corrected chi connectivity index (χ4v) is 3.61. The topological polar surface area (TPSA) is 62.3 Å². The molecule has 1 saturated heterocycles. The van der Waals surface area contributed by atoms with Crippen LogP contribution in [0.25, 0.3) is 10.9 Å². The van der Waals surface area contributed by atoms with E-state index in [1.165, 1.54) is 17.0 Å². The SMILES string of the molecule is CC[C@]1(c2ccc(F)cc2)NC(=O)N(Cc2cccc3cccnc23)C1=O. The van der Waals surface area contributed by atoms with Crippen molar-refractivity contribution >= 4 is 22.8 Å². The van der Waals surface area contributed by atoms with E-state index in [9.17, 15) is 14.0 Å². The van der Waals surface area contributed by atoms with E-state index in [1.54, 1.807) is 18.3 Å². The van der Waals surface area contributed by atoms with Gasteiger partial charge in [-0.15, -0.1) is 0 Å². The smallest absolute Gasteiger partial charge is 0.319 e. The molecule has 1 fully saturated rings. The van der Waals surface area contributed by atoms with Crippen LogP contribution in [0.2, 0.25) is 0 Å². The van der Waals surface area contributed by atoms with E-state index in [2.05, 4.69) is 10.3 Å². The number of urea groups is 1. The van der Waals surface area contributed by atoms with Crippen LogP contribution >= 0.6 is 0 Å². The van der Waals surface area contributed by atoms with Gasteiger partial charge in [0, 0.05) is 11.6 Å². The highest BCUT2D eigenvalue weighted by Crippen LogP contribution is 2.33. The lowest BCUT2D eigenvalue weighted by Gasteiger charge is -2.25. The number of fused-ring (bicyclic) bond motifs is 1. The van der Waals surface area contributed by atoms with Gasteiger partial charge in [0.25, 0.3) is 5.91 Å². The summed E-state index contributed by atoms with van der Waals surface area (Å²) in [5.41, 5.74) is 0.949. The number of imide groups is 1. The molecule has 1 aliphatic heterocycles. The van der Waals surface area contributed by atoms with Gasteiger partial charge in [-0.05, 0) is 35.7 Å². The zero-order valence-corrected chi connectivity index (χ0v) is 14.8. The predicted molar refractivity (Wildman–Crippen MR) is 99.2 cm³/mol. The number of amides is 3. The first-order chi connectivity index (χ1) is 13.0. The first kappa shape index (κ1) is 17.1. The van der Waals surface area contributed by atoms with Gasteiger partial charge in [0.2, 0.25) is 0 Å². The van der Waals surface area contributed by atoms with Gasteiger partial charge in [0.15, 0.2) is 0 Å². The Kier molecular flexibility index (Phi) is 4.11. The lowest BCUT2D eigenvalue weighted by Crippen LogP contribution is -2.43. The first-order valence-electron chi connectivity index (χ1n) is 8.78. The number of nitrogens with zero attached hydrogens (tertiary/aromatic N) is 2. The van der Waals surface area contributed by atoms with E-state index < -0.39 is 11.6 Å². The Morgan fingerprint density at radius 3 is 2.56 bits per heavy atom. The zero-order chi connectivity index (χ0) is 19.0. The lowest BCUT2D eigenvalue weighted by molar-refractivity contribution is -0.132. The standard InChI is InChI=1S/C21H18FN3O2/c1-2-21(16-8-10-17(22)11-9-16)19(26)25(20(27)24-21)13-15-6-3-5-14-7-4-12-23-18(14)15/h3-12H,2,13H2,1H3,(H,24,27)/t21-/m1/s1. The predicted octanol–water partition coefficient (Wildman–Crippen LogP) is 3.73. The average Bonchev–Trinajstić information content (AvgIpc) is 2.94. The molecule has 1 atom stereocenters. The fraction of sp³-hybridized carbons (Fsp3) is 0.190. The molecule has 1 N–H and O–H groups in total. The molecule has 27 heavy (non-hydrogen) atoms. The van der Waals surface area contributed by atoms with Gasteiger partial charge >= 0.3 is 6.03 Å². The van der Waals surface area contributed by atoms with Crippen LogP contribution in [0.4, 0.5) is 9.18 Å². The normalized spacial score (nSPS) is 19.6. The summed E-state index contributed by atoms with van der Waals surface area (Å²) >= 11 is 0. The molecule has 2 heterocycles. The summed E-state index contributed by atoms with van der Waals surface area (Å²) in [7, 11) is 0. The molecule has 1 aliphatic rings. The number of carbonyl (C=O) groups is 2. The van der Waals surface area contributed by atoms with Crippen molar-refractivity contribution in [2.24, 2.45) is 0 Å². The zero-order valence-electron chi connectivity index (χ0n) is 14.8. The summed E-state index contributed by atoms with van der Waals surface area (Å²) in [4.78, 5) is 31.5. The highest BCUT2D eigenvalue weighted by molar-refractivity contribution is 6.07. The van der Waals surface area contributed by atoms with Gasteiger partial charge in [0.1, 0.15) is 11.4 Å². The fourth-order valence-electron chi connectivity index (χ4n) is 3.61. The van der Waals surface area contributed by atoms with E-state index in [4.69, 9.17) is 0 Å². The highest BCUT2D eigenvalue weighted by Gasteiger charge is 2.51. The maximum absolute atomic E-state index is 13.3. The van der Waals surface area contributed by atoms with Gasteiger partial charge in [-0.1, -0.05) is 43.3 Å². The van der Waals surface area contributed by atoms with Crippen LogP contribution in [0.5, 0.6) is 0 Å². The number of benzene rings is 2. The van der Waals surface area contributed by atoms with Gasteiger partial charge in [0.05, 0.1) is 12.1 Å².